The predicted octanol–water partition coefficient (Wildman–Crippen LogP) is 5.44. The number of aromatic hydroxyl groups is 3. The summed E-state index contributed by atoms with van der Waals surface area (Å²) in [7, 11) is 0. The van der Waals surface area contributed by atoms with Gasteiger partial charge in [-0.2, -0.15) is 0 Å². The Morgan fingerprint density at radius 2 is 0.793 bits per heavy atom. The average Bonchev–Trinajstić information content (AvgIpc) is 2.71. The highest BCUT2D eigenvalue weighted by atomic mass is 16.3. The standard InChI is InChI=1S/C26H26O3/c1-3-8-18-10-5-12-20(24(18)27)16-22-14-7-15-23(26(22)29)17-21-13-6-11-19(9-4-2)25(21)28/h3-7,10-15,27-29H,1-2,8-9,16-17H2. The number of benzene rings is 3. The Morgan fingerprint density at radius 1 is 0.517 bits per heavy atom. The molecule has 0 amide bonds. The first-order valence-electron chi connectivity index (χ1n) is 9.66. The average molecular weight is 386 g/mol. The highest BCUT2D eigenvalue weighted by molar-refractivity contribution is 5.51. The first-order chi connectivity index (χ1) is 14.0. The third-order valence-electron chi connectivity index (χ3n) is 5.10. The normalized spacial score (nSPS) is 10.6. The highest BCUT2D eigenvalue weighted by Crippen LogP contribution is 2.33. The molecule has 0 bridgehead atoms. The molecule has 3 rings (SSSR count). The number of phenolic OH excluding ortho intramolecular Hbond substituents is 3. The van der Waals surface area contributed by atoms with E-state index in [9.17, 15) is 15.3 Å². The number of hydrogen-bond donors (Lipinski definition) is 3. The SMILES string of the molecule is C=CCc1cccc(Cc2cccc(Cc3cccc(CC=C)c3O)c2O)c1O. The van der Waals surface area contributed by atoms with Crippen molar-refractivity contribution in [2.75, 3.05) is 0 Å². The molecule has 3 N–H and O–H groups in total. The lowest BCUT2D eigenvalue weighted by Crippen LogP contribution is -1.97. The van der Waals surface area contributed by atoms with E-state index in [4.69, 9.17) is 0 Å². The van der Waals surface area contributed by atoms with Crippen LogP contribution in [0.5, 0.6) is 17.2 Å². The van der Waals surface area contributed by atoms with Gasteiger partial charge in [-0.15, -0.1) is 13.2 Å². The van der Waals surface area contributed by atoms with Gasteiger partial charge in [0, 0.05) is 12.8 Å². The molecule has 3 aromatic carbocycles. The monoisotopic (exact) mass is 386 g/mol. The third kappa shape index (κ3) is 4.52. The number of allylic oxidation sites excluding steroid dienone is 2. The Balaban J connectivity index is 1.90. The first kappa shape index (κ1) is 20.3. The van der Waals surface area contributed by atoms with Gasteiger partial charge < -0.3 is 15.3 Å². The minimum Gasteiger partial charge on any atom is -0.507 e. The zero-order chi connectivity index (χ0) is 20.8. The number of phenols is 3. The molecule has 0 aliphatic heterocycles. The van der Waals surface area contributed by atoms with Crippen LogP contribution in [0.3, 0.4) is 0 Å². The molecule has 0 atom stereocenters. The quantitative estimate of drug-likeness (QED) is 0.452. The fraction of sp³-hybridized carbons (Fsp3) is 0.154. The van der Waals surface area contributed by atoms with Gasteiger partial charge in [0.2, 0.25) is 0 Å². The van der Waals surface area contributed by atoms with Crippen LogP contribution in [0.1, 0.15) is 33.4 Å². The molecular formula is C26H26O3. The Hall–Kier alpha value is -3.46. The van der Waals surface area contributed by atoms with Crippen molar-refractivity contribution in [2.24, 2.45) is 0 Å². The van der Waals surface area contributed by atoms with Crippen molar-refractivity contribution in [3.8, 4) is 17.2 Å². The van der Waals surface area contributed by atoms with Gasteiger partial charge in [0.05, 0.1) is 0 Å². The van der Waals surface area contributed by atoms with Crippen molar-refractivity contribution < 1.29 is 15.3 Å². The van der Waals surface area contributed by atoms with E-state index in [0.29, 0.717) is 25.7 Å². The Bertz CT molecular complexity index is 954. The second kappa shape index (κ2) is 9.16. The maximum atomic E-state index is 10.8. The van der Waals surface area contributed by atoms with Crippen LogP contribution in [-0.2, 0) is 25.7 Å². The second-order valence-electron chi connectivity index (χ2n) is 7.11. The van der Waals surface area contributed by atoms with E-state index >= 15 is 0 Å². The zero-order valence-electron chi connectivity index (χ0n) is 16.4. The van der Waals surface area contributed by atoms with E-state index in [-0.39, 0.29) is 17.2 Å². The van der Waals surface area contributed by atoms with E-state index in [0.717, 1.165) is 33.4 Å². The summed E-state index contributed by atoms with van der Waals surface area (Å²) in [6, 6.07) is 16.9. The molecule has 0 heterocycles. The largest absolute Gasteiger partial charge is 0.507 e. The number of para-hydroxylation sites is 3. The van der Waals surface area contributed by atoms with Crippen LogP contribution >= 0.6 is 0 Å². The minimum atomic E-state index is 0.189. The van der Waals surface area contributed by atoms with E-state index in [1.807, 2.05) is 54.6 Å². The van der Waals surface area contributed by atoms with Crippen molar-refractivity contribution in [3.63, 3.8) is 0 Å². The summed E-state index contributed by atoms with van der Waals surface area (Å²) in [6.07, 6.45) is 5.52. The summed E-state index contributed by atoms with van der Waals surface area (Å²) in [4.78, 5) is 0. The molecular weight excluding hydrogens is 360 g/mol. The number of rotatable bonds is 8. The second-order valence-corrected chi connectivity index (χ2v) is 7.11. The molecule has 3 aromatic rings. The summed E-state index contributed by atoms with van der Waals surface area (Å²) in [5.74, 6) is 0.675. The van der Waals surface area contributed by atoms with Crippen LogP contribution in [-0.4, -0.2) is 15.3 Å². The molecule has 3 nitrogen and oxygen atoms in total. The van der Waals surface area contributed by atoms with E-state index < -0.39 is 0 Å². The van der Waals surface area contributed by atoms with Crippen molar-refractivity contribution in [1.29, 1.82) is 0 Å². The highest BCUT2D eigenvalue weighted by Gasteiger charge is 2.14. The van der Waals surface area contributed by atoms with Gasteiger partial charge >= 0.3 is 0 Å². The lowest BCUT2D eigenvalue weighted by molar-refractivity contribution is 0.454. The predicted molar refractivity (Wildman–Crippen MR) is 118 cm³/mol. The van der Waals surface area contributed by atoms with Crippen molar-refractivity contribution in [2.45, 2.75) is 25.7 Å². The summed E-state index contributed by atoms with van der Waals surface area (Å²) in [5.41, 5.74) is 4.61. The van der Waals surface area contributed by atoms with Gasteiger partial charge in [0.25, 0.3) is 0 Å². The van der Waals surface area contributed by atoms with Crippen LogP contribution in [0.4, 0.5) is 0 Å². The number of hydrogen-bond acceptors (Lipinski definition) is 3. The van der Waals surface area contributed by atoms with Crippen LogP contribution in [0.25, 0.3) is 0 Å². The Kier molecular flexibility index (Phi) is 6.40. The third-order valence-corrected chi connectivity index (χ3v) is 5.10. The summed E-state index contributed by atoms with van der Waals surface area (Å²) < 4.78 is 0. The summed E-state index contributed by atoms with van der Waals surface area (Å²) in [6.45, 7) is 7.45. The van der Waals surface area contributed by atoms with Gasteiger partial charge in [-0.25, -0.2) is 0 Å². The van der Waals surface area contributed by atoms with Crippen LogP contribution in [0.15, 0.2) is 79.9 Å². The van der Waals surface area contributed by atoms with E-state index in [1.54, 1.807) is 12.2 Å². The lowest BCUT2D eigenvalue weighted by atomic mass is 9.95. The summed E-state index contributed by atoms with van der Waals surface area (Å²) in [5, 5.41) is 31.9. The fourth-order valence-corrected chi connectivity index (χ4v) is 3.55. The molecule has 3 heteroatoms. The van der Waals surface area contributed by atoms with Gasteiger partial charge in [0.15, 0.2) is 0 Å². The molecule has 0 saturated heterocycles. The molecule has 0 aliphatic rings. The van der Waals surface area contributed by atoms with Crippen molar-refractivity contribution in [3.05, 3.63) is 113 Å². The summed E-state index contributed by atoms with van der Waals surface area (Å²) >= 11 is 0. The van der Waals surface area contributed by atoms with Crippen LogP contribution in [0.2, 0.25) is 0 Å². The topological polar surface area (TPSA) is 60.7 Å². The first-order valence-corrected chi connectivity index (χ1v) is 9.66. The Morgan fingerprint density at radius 3 is 1.10 bits per heavy atom. The molecule has 0 radical (unpaired) electrons. The molecule has 0 saturated carbocycles. The van der Waals surface area contributed by atoms with Crippen molar-refractivity contribution in [1.82, 2.24) is 0 Å². The van der Waals surface area contributed by atoms with E-state index in [2.05, 4.69) is 13.2 Å². The van der Waals surface area contributed by atoms with Crippen LogP contribution in [0, 0.1) is 0 Å². The molecule has 0 spiro atoms. The van der Waals surface area contributed by atoms with Gasteiger partial charge in [-0.1, -0.05) is 66.7 Å². The Labute approximate surface area is 171 Å². The fourth-order valence-electron chi connectivity index (χ4n) is 3.55. The van der Waals surface area contributed by atoms with Crippen molar-refractivity contribution >= 4 is 0 Å². The minimum absolute atomic E-state index is 0.189. The molecule has 0 aliphatic carbocycles. The molecule has 0 unspecified atom stereocenters. The maximum absolute atomic E-state index is 10.8. The van der Waals surface area contributed by atoms with Gasteiger partial charge in [-0.3, -0.25) is 0 Å². The van der Waals surface area contributed by atoms with Gasteiger partial charge in [-0.05, 0) is 46.2 Å². The zero-order valence-corrected chi connectivity index (χ0v) is 16.4. The van der Waals surface area contributed by atoms with Crippen LogP contribution < -0.4 is 0 Å². The molecule has 148 valence electrons. The maximum Gasteiger partial charge on any atom is 0.122 e. The van der Waals surface area contributed by atoms with Gasteiger partial charge in [0.1, 0.15) is 17.2 Å². The smallest absolute Gasteiger partial charge is 0.122 e. The molecule has 29 heavy (non-hydrogen) atoms. The molecule has 0 fully saturated rings. The lowest BCUT2D eigenvalue weighted by Gasteiger charge is -2.14. The molecule has 0 aromatic heterocycles. The van der Waals surface area contributed by atoms with E-state index in [1.165, 1.54) is 0 Å².